The molecule has 2 N–H and O–H groups in total. The van der Waals surface area contributed by atoms with Crippen LogP contribution in [0.25, 0.3) is 0 Å². The summed E-state index contributed by atoms with van der Waals surface area (Å²) in [6.45, 7) is 0. The largest absolute Gasteiger partial charge is 1.00 e. The predicted octanol–water partition coefficient (Wildman–Crippen LogP) is -2.62. The fourth-order valence-electron chi connectivity index (χ4n) is 0.532. The Labute approximate surface area is 59.9 Å². The lowest BCUT2D eigenvalue weighted by molar-refractivity contribution is -0.497. The van der Waals surface area contributed by atoms with E-state index in [9.17, 15) is 5.21 Å². The molecule has 0 amide bonds. The van der Waals surface area contributed by atoms with Crippen molar-refractivity contribution in [3.63, 3.8) is 0 Å². The molecule has 1 aromatic carbocycles. The van der Waals surface area contributed by atoms with E-state index in [0.29, 0.717) is 0 Å². The van der Waals surface area contributed by atoms with Gasteiger partial charge in [0.2, 0.25) is 0 Å². The Morgan fingerprint density at radius 1 is 1.11 bits per heavy atom. The standard InChI is InChI=1S/C6H7NO.ClH/c8-7-6-4-2-1-3-5-6;/h1-5H,7H2;1H/p-1. The Bertz CT molecular complexity index is 154. The van der Waals surface area contributed by atoms with E-state index < -0.39 is 0 Å². The summed E-state index contributed by atoms with van der Waals surface area (Å²) in [4.78, 5) is 0. The van der Waals surface area contributed by atoms with Crippen LogP contribution in [0.1, 0.15) is 0 Å². The molecule has 0 radical (unpaired) electrons. The molecule has 2 nitrogen and oxygen atoms in total. The van der Waals surface area contributed by atoms with Gasteiger partial charge in [0.05, 0.1) is 0 Å². The zero-order valence-corrected chi connectivity index (χ0v) is 5.51. The first-order valence-corrected chi connectivity index (χ1v) is 2.44. The van der Waals surface area contributed by atoms with Crippen LogP contribution in [0, 0.1) is 5.21 Å². The smallest absolute Gasteiger partial charge is 0.129 e. The van der Waals surface area contributed by atoms with Crippen LogP contribution in [0.15, 0.2) is 30.3 Å². The van der Waals surface area contributed by atoms with Crippen molar-refractivity contribution >= 4 is 5.69 Å². The highest BCUT2D eigenvalue weighted by atomic mass is 35.5. The molecule has 0 aliphatic heterocycles. The van der Waals surface area contributed by atoms with E-state index in [-0.39, 0.29) is 12.4 Å². The molecule has 0 aromatic heterocycles. The van der Waals surface area contributed by atoms with Crippen molar-refractivity contribution in [3.8, 4) is 0 Å². The number of rotatable bonds is 1. The molecule has 0 saturated heterocycles. The van der Waals surface area contributed by atoms with Gasteiger partial charge in [0.25, 0.3) is 0 Å². The summed E-state index contributed by atoms with van der Waals surface area (Å²) in [5.74, 6) is 0. The van der Waals surface area contributed by atoms with Gasteiger partial charge in [0.15, 0.2) is 0 Å². The van der Waals surface area contributed by atoms with Gasteiger partial charge in [-0.05, 0) is 12.1 Å². The number of hydrogen-bond acceptors (Lipinski definition) is 1. The lowest BCUT2D eigenvalue weighted by atomic mass is 10.3. The number of nitrogens with two attached hydrogens (primary N) is 1. The van der Waals surface area contributed by atoms with Crippen LogP contribution in [-0.2, 0) is 0 Å². The Balaban J connectivity index is 0.000000640. The number of benzene rings is 1. The molecule has 9 heavy (non-hydrogen) atoms. The Morgan fingerprint density at radius 2 is 1.67 bits per heavy atom. The van der Waals surface area contributed by atoms with Gasteiger partial charge in [-0.3, -0.25) is 0 Å². The van der Waals surface area contributed by atoms with Gasteiger partial charge in [-0.15, -0.1) is 0 Å². The summed E-state index contributed by atoms with van der Waals surface area (Å²) < 4.78 is 0. The molecular formula is C6H7ClNO-. The Hall–Kier alpha value is -0.570. The minimum absolute atomic E-state index is 0. The quantitative estimate of drug-likeness (QED) is 0.340. The van der Waals surface area contributed by atoms with Crippen molar-refractivity contribution in [1.82, 2.24) is 0 Å². The second-order valence-electron chi connectivity index (χ2n) is 1.53. The molecule has 0 aliphatic carbocycles. The second kappa shape index (κ2) is 4.32. The third-order valence-corrected chi connectivity index (χ3v) is 0.936. The van der Waals surface area contributed by atoms with Crippen molar-refractivity contribution in [1.29, 1.82) is 0 Å². The van der Waals surface area contributed by atoms with Gasteiger partial charge in [-0.25, -0.2) is 0 Å². The highest BCUT2D eigenvalue weighted by molar-refractivity contribution is 5.26. The Kier molecular flexibility index (Phi) is 4.05. The molecule has 0 fully saturated rings. The SMILES string of the molecule is [Cl-].[O-][NH2+]c1ccccc1. The first kappa shape index (κ1) is 8.43. The summed E-state index contributed by atoms with van der Waals surface area (Å²) in [7, 11) is 0. The fraction of sp³-hybridized carbons (Fsp3) is 0. The average molecular weight is 145 g/mol. The average Bonchev–Trinajstić information content (AvgIpc) is 1.90. The number of hydrogen-bond donors (Lipinski definition) is 1. The van der Waals surface area contributed by atoms with Crippen molar-refractivity contribution in [2.45, 2.75) is 0 Å². The molecule has 3 heteroatoms. The summed E-state index contributed by atoms with van der Waals surface area (Å²) in [5.41, 5.74) is 1.56. The normalized spacial score (nSPS) is 8.11. The second-order valence-corrected chi connectivity index (χ2v) is 1.53. The van der Waals surface area contributed by atoms with Gasteiger partial charge >= 0.3 is 0 Å². The first-order chi connectivity index (χ1) is 3.93. The highest BCUT2D eigenvalue weighted by Crippen LogP contribution is 1.94. The zero-order valence-electron chi connectivity index (χ0n) is 4.75. The van der Waals surface area contributed by atoms with Gasteiger partial charge in [-0.1, -0.05) is 18.2 Å². The van der Waals surface area contributed by atoms with E-state index in [1.165, 1.54) is 0 Å². The van der Waals surface area contributed by atoms with E-state index in [1.54, 1.807) is 12.1 Å². The molecule has 0 aliphatic rings. The molecule has 0 heterocycles. The molecule has 0 atom stereocenters. The molecule has 50 valence electrons. The Morgan fingerprint density at radius 3 is 2.00 bits per heavy atom. The highest BCUT2D eigenvalue weighted by Gasteiger charge is 1.80. The van der Waals surface area contributed by atoms with Crippen LogP contribution in [-0.4, -0.2) is 0 Å². The van der Waals surface area contributed by atoms with Crippen molar-refractivity contribution < 1.29 is 17.9 Å². The molecule has 1 aromatic rings. The van der Waals surface area contributed by atoms with Crippen molar-refractivity contribution in [3.05, 3.63) is 35.5 Å². The van der Waals surface area contributed by atoms with Gasteiger partial charge in [-0.2, -0.15) is 0 Å². The zero-order chi connectivity index (χ0) is 5.82. The summed E-state index contributed by atoms with van der Waals surface area (Å²) in [6, 6.07) is 9.10. The lowest BCUT2D eigenvalue weighted by Crippen LogP contribution is -3.00. The fourth-order valence-corrected chi connectivity index (χ4v) is 0.532. The van der Waals surface area contributed by atoms with Gasteiger partial charge in [0.1, 0.15) is 5.69 Å². The maximum absolute atomic E-state index is 10.0. The number of halogens is 1. The van der Waals surface area contributed by atoms with Crippen molar-refractivity contribution in [2.75, 3.05) is 0 Å². The van der Waals surface area contributed by atoms with E-state index in [2.05, 4.69) is 0 Å². The molecule has 0 bridgehead atoms. The molecule has 0 spiro atoms. The van der Waals surface area contributed by atoms with Crippen molar-refractivity contribution in [2.24, 2.45) is 0 Å². The number of quaternary nitrogens is 1. The summed E-state index contributed by atoms with van der Waals surface area (Å²) >= 11 is 0. The maximum atomic E-state index is 10.0. The minimum atomic E-state index is 0. The molecule has 1 rings (SSSR count). The first-order valence-electron chi connectivity index (χ1n) is 2.44. The van der Waals surface area contributed by atoms with Crippen LogP contribution >= 0.6 is 0 Å². The monoisotopic (exact) mass is 144 g/mol. The van der Waals surface area contributed by atoms with Gasteiger partial charge < -0.3 is 23.1 Å². The summed E-state index contributed by atoms with van der Waals surface area (Å²) in [6.07, 6.45) is 0. The van der Waals surface area contributed by atoms with E-state index in [0.717, 1.165) is 11.2 Å². The maximum Gasteiger partial charge on any atom is 0.129 e. The predicted molar refractivity (Wildman–Crippen MR) is 31.4 cm³/mol. The van der Waals surface area contributed by atoms with E-state index in [1.807, 2.05) is 18.2 Å². The third-order valence-electron chi connectivity index (χ3n) is 0.936. The minimum Gasteiger partial charge on any atom is -1.00 e. The molecule has 0 saturated carbocycles. The van der Waals surface area contributed by atoms with Crippen LogP contribution in [0.3, 0.4) is 0 Å². The topological polar surface area (TPSA) is 39.7 Å². The van der Waals surface area contributed by atoms with Gasteiger partial charge in [0, 0.05) is 0 Å². The lowest BCUT2D eigenvalue weighted by Gasteiger charge is -1.97. The van der Waals surface area contributed by atoms with Crippen LogP contribution in [0.5, 0.6) is 0 Å². The van der Waals surface area contributed by atoms with Crippen LogP contribution in [0.2, 0.25) is 0 Å². The molecular weight excluding hydrogens is 138 g/mol. The van der Waals surface area contributed by atoms with E-state index in [4.69, 9.17) is 0 Å². The molecule has 0 unspecified atom stereocenters. The third kappa shape index (κ3) is 2.46. The van der Waals surface area contributed by atoms with Crippen LogP contribution in [0.4, 0.5) is 5.69 Å². The van der Waals surface area contributed by atoms with E-state index >= 15 is 0 Å². The summed E-state index contributed by atoms with van der Waals surface area (Å²) in [5, 5.41) is 10.0. The van der Waals surface area contributed by atoms with Crippen LogP contribution < -0.4 is 17.9 Å².